The van der Waals surface area contributed by atoms with Crippen molar-refractivity contribution in [2.45, 2.75) is 6.54 Å². The minimum atomic E-state index is 0.430. The molecule has 0 bridgehead atoms. The molecule has 2 heterocycles. The van der Waals surface area contributed by atoms with Crippen LogP contribution in [0.15, 0.2) is 18.5 Å². The van der Waals surface area contributed by atoms with E-state index in [9.17, 15) is 0 Å². The lowest BCUT2D eigenvalue weighted by Crippen LogP contribution is -2.17. The first-order valence-electron chi connectivity index (χ1n) is 5.27. The van der Waals surface area contributed by atoms with Crippen LogP contribution in [0.2, 0.25) is 0 Å². The third kappa shape index (κ3) is 1.80. The van der Waals surface area contributed by atoms with E-state index in [2.05, 4.69) is 4.98 Å². The molecule has 5 nitrogen and oxygen atoms in total. The second-order valence-corrected chi connectivity index (χ2v) is 4.35. The maximum absolute atomic E-state index is 5.54. The van der Waals surface area contributed by atoms with Gasteiger partial charge in [0, 0.05) is 12.1 Å². The quantitative estimate of drug-likeness (QED) is 0.807. The van der Waals surface area contributed by atoms with Gasteiger partial charge in [-0.1, -0.05) is 12.2 Å². The highest BCUT2D eigenvalue weighted by molar-refractivity contribution is 7.80. The Morgan fingerprint density at radius 2 is 2.06 bits per heavy atom. The van der Waals surface area contributed by atoms with Crippen molar-refractivity contribution in [2.24, 2.45) is 5.73 Å². The molecule has 0 unspecified atom stereocenters. The van der Waals surface area contributed by atoms with E-state index in [4.69, 9.17) is 27.4 Å². The zero-order valence-corrected chi connectivity index (χ0v) is 9.87. The Morgan fingerprint density at radius 1 is 1.35 bits per heavy atom. The Balaban J connectivity index is 2.12. The van der Waals surface area contributed by atoms with Gasteiger partial charge in [-0.3, -0.25) is 0 Å². The SMILES string of the molecule is NC(=S)Cn1cnc2cc3c(cc21)OCCO3. The first kappa shape index (κ1) is 10.3. The van der Waals surface area contributed by atoms with Gasteiger partial charge < -0.3 is 19.8 Å². The molecule has 0 saturated carbocycles. The standard InChI is InChI=1S/C11H11N3O2S/c12-11(17)5-14-6-13-7-3-9-10(4-8(7)14)16-2-1-15-9/h3-4,6H,1-2,5H2,(H2,12,17). The Kier molecular flexibility index (Phi) is 2.36. The third-order valence-corrected chi connectivity index (χ3v) is 2.74. The van der Waals surface area contributed by atoms with E-state index in [0.29, 0.717) is 24.7 Å². The number of rotatable bonds is 2. The summed E-state index contributed by atoms with van der Waals surface area (Å²) >= 11 is 4.90. The largest absolute Gasteiger partial charge is 0.486 e. The van der Waals surface area contributed by atoms with Crippen molar-refractivity contribution in [3.05, 3.63) is 18.5 Å². The number of hydrogen-bond acceptors (Lipinski definition) is 4. The van der Waals surface area contributed by atoms with Crippen LogP contribution in [0, 0.1) is 0 Å². The molecule has 88 valence electrons. The van der Waals surface area contributed by atoms with E-state index in [-0.39, 0.29) is 0 Å². The molecule has 0 atom stereocenters. The first-order chi connectivity index (χ1) is 8.24. The minimum absolute atomic E-state index is 0.430. The summed E-state index contributed by atoms with van der Waals surface area (Å²) in [5.74, 6) is 1.48. The van der Waals surface area contributed by atoms with Crippen LogP contribution in [0.5, 0.6) is 11.5 Å². The summed E-state index contributed by atoms with van der Waals surface area (Å²) in [6.07, 6.45) is 1.72. The molecule has 6 heteroatoms. The summed E-state index contributed by atoms with van der Waals surface area (Å²) in [5.41, 5.74) is 7.34. The molecule has 1 aliphatic heterocycles. The highest BCUT2D eigenvalue weighted by Gasteiger charge is 2.15. The molecular weight excluding hydrogens is 238 g/mol. The fraction of sp³-hybridized carbons (Fsp3) is 0.273. The van der Waals surface area contributed by atoms with Gasteiger partial charge in [-0.15, -0.1) is 0 Å². The van der Waals surface area contributed by atoms with E-state index in [1.807, 2.05) is 16.7 Å². The number of hydrogen-bond donors (Lipinski definition) is 1. The Bertz CT molecular complexity index is 594. The number of thiocarbonyl (C=S) groups is 1. The monoisotopic (exact) mass is 249 g/mol. The zero-order chi connectivity index (χ0) is 11.8. The summed E-state index contributed by atoms with van der Waals surface area (Å²) in [6, 6.07) is 3.79. The van der Waals surface area contributed by atoms with Gasteiger partial charge in [0.25, 0.3) is 0 Å². The van der Waals surface area contributed by atoms with Crippen molar-refractivity contribution in [1.29, 1.82) is 0 Å². The van der Waals surface area contributed by atoms with Crippen LogP contribution < -0.4 is 15.2 Å². The van der Waals surface area contributed by atoms with Crippen LogP contribution in [0.25, 0.3) is 11.0 Å². The van der Waals surface area contributed by atoms with Gasteiger partial charge in [0.1, 0.15) is 13.2 Å². The summed E-state index contributed by atoms with van der Waals surface area (Å²) in [4.78, 5) is 4.72. The van der Waals surface area contributed by atoms with Crippen LogP contribution in [0.4, 0.5) is 0 Å². The van der Waals surface area contributed by atoms with Crippen LogP contribution in [0.3, 0.4) is 0 Å². The van der Waals surface area contributed by atoms with Crippen LogP contribution in [0.1, 0.15) is 0 Å². The number of nitrogens with zero attached hydrogens (tertiary/aromatic N) is 2. The third-order valence-electron chi connectivity index (χ3n) is 2.61. The molecule has 2 aromatic rings. The average Bonchev–Trinajstić information content (AvgIpc) is 2.68. The molecule has 0 amide bonds. The van der Waals surface area contributed by atoms with Crippen molar-refractivity contribution in [3.8, 4) is 11.5 Å². The highest BCUT2D eigenvalue weighted by Crippen LogP contribution is 2.33. The summed E-state index contributed by atoms with van der Waals surface area (Å²) in [5, 5.41) is 0. The smallest absolute Gasteiger partial charge is 0.163 e. The van der Waals surface area contributed by atoms with E-state index in [0.717, 1.165) is 22.5 Å². The molecule has 1 aliphatic rings. The molecule has 0 fully saturated rings. The van der Waals surface area contributed by atoms with E-state index >= 15 is 0 Å². The summed E-state index contributed by atoms with van der Waals surface area (Å²) in [7, 11) is 0. The molecule has 0 spiro atoms. The maximum atomic E-state index is 5.54. The molecule has 1 aromatic carbocycles. The van der Waals surface area contributed by atoms with Gasteiger partial charge in [-0.05, 0) is 0 Å². The van der Waals surface area contributed by atoms with Crippen molar-refractivity contribution < 1.29 is 9.47 Å². The van der Waals surface area contributed by atoms with Crippen LogP contribution in [-0.4, -0.2) is 27.8 Å². The molecule has 0 aliphatic carbocycles. The highest BCUT2D eigenvalue weighted by atomic mass is 32.1. The number of fused-ring (bicyclic) bond motifs is 2. The van der Waals surface area contributed by atoms with Gasteiger partial charge in [-0.25, -0.2) is 4.98 Å². The van der Waals surface area contributed by atoms with Gasteiger partial charge in [-0.2, -0.15) is 0 Å². The predicted octanol–water partition coefficient (Wildman–Crippen LogP) is 1.09. The van der Waals surface area contributed by atoms with Crippen LogP contribution in [-0.2, 0) is 6.54 Å². The molecule has 0 saturated heterocycles. The number of ether oxygens (including phenoxy) is 2. The van der Waals surface area contributed by atoms with Gasteiger partial charge in [0.2, 0.25) is 0 Å². The zero-order valence-electron chi connectivity index (χ0n) is 9.05. The molecular formula is C11H11N3O2S. The lowest BCUT2D eigenvalue weighted by Gasteiger charge is -2.18. The predicted molar refractivity (Wildman–Crippen MR) is 67.5 cm³/mol. The fourth-order valence-electron chi connectivity index (χ4n) is 1.89. The lowest BCUT2D eigenvalue weighted by molar-refractivity contribution is 0.172. The maximum Gasteiger partial charge on any atom is 0.163 e. The Labute approximate surface area is 103 Å². The Hall–Kier alpha value is -1.82. The van der Waals surface area contributed by atoms with Crippen molar-refractivity contribution in [2.75, 3.05) is 13.2 Å². The van der Waals surface area contributed by atoms with Crippen molar-refractivity contribution in [3.63, 3.8) is 0 Å². The van der Waals surface area contributed by atoms with Gasteiger partial charge in [0.15, 0.2) is 11.5 Å². The summed E-state index contributed by atoms with van der Waals surface area (Å²) < 4.78 is 12.9. The number of benzene rings is 1. The van der Waals surface area contributed by atoms with Gasteiger partial charge in [0.05, 0.1) is 28.9 Å². The first-order valence-corrected chi connectivity index (χ1v) is 5.67. The average molecular weight is 249 g/mol. The topological polar surface area (TPSA) is 62.3 Å². The number of aromatic nitrogens is 2. The molecule has 3 rings (SSSR count). The second-order valence-electron chi connectivity index (χ2n) is 3.82. The van der Waals surface area contributed by atoms with Gasteiger partial charge >= 0.3 is 0 Å². The van der Waals surface area contributed by atoms with E-state index < -0.39 is 0 Å². The van der Waals surface area contributed by atoms with Crippen molar-refractivity contribution >= 4 is 28.2 Å². The fourth-order valence-corrected chi connectivity index (χ4v) is 2.03. The number of nitrogens with two attached hydrogens (primary N) is 1. The molecule has 17 heavy (non-hydrogen) atoms. The molecule has 1 aromatic heterocycles. The van der Waals surface area contributed by atoms with E-state index in [1.165, 1.54) is 0 Å². The molecule has 2 N–H and O–H groups in total. The Morgan fingerprint density at radius 3 is 2.76 bits per heavy atom. The number of imidazole rings is 1. The van der Waals surface area contributed by atoms with E-state index in [1.54, 1.807) is 6.33 Å². The molecule has 0 radical (unpaired) electrons. The second kappa shape index (κ2) is 3.89. The minimum Gasteiger partial charge on any atom is -0.486 e. The normalized spacial score (nSPS) is 13.9. The lowest BCUT2D eigenvalue weighted by atomic mass is 10.2. The van der Waals surface area contributed by atoms with Crippen molar-refractivity contribution in [1.82, 2.24) is 9.55 Å². The summed E-state index contributed by atoms with van der Waals surface area (Å²) in [6.45, 7) is 1.62. The van der Waals surface area contributed by atoms with Crippen LogP contribution >= 0.6 is 12.2 Å².